The molecule has 1 aromatic carbocycles. The van der Waals surface area contributed by atoms with Crippen LogP contribution in [-0.2, 0) is 16.0 Å². The van der Waals surface area contributed by atoms with Gasteiger partial charge >= 0.3 is 5.97 Å². The van der Waals surface area contributed by atoms with E-state index < -0.39 is 12.1 Å². The summed E-state index contributed by atoms with van der Waals surface area (Å²) in [5.74, 6) is 0.412. The lowest BCUT2D eigenvalue weighted by Gasteiger charge is -2.12. The van der Waals surface area contributed by atoms with E-state index in [9.17, 15) is 4.79 Å². The lowest BCUT2D eigenvalue weighted by atomic mass is 10.1. The summed E-state index contributed by atoms with van der Waals surface area (Å²) in [6.07, 6.45) is 0.317. The summed E-state index contributed by atoms with van der Waals surface area (Å²) >= 11 is 0. The van der Waals surface area contributed by atoms with Crippen molar-refractivity contribution in [2.45, 2.75) is 18.9 Å². The molecule has 5 nitrogen and oxygen atoms in total. The van der Waals surface area contributed by atoms with Gasteiger partial charge in [-0.1, -0.05) is 6.07 Å². The summed E-state index contributed by atoms with van der Waals surface area (Å²) in [7, 11) is 1.39. The largest absolute Gasteiger partial charge is 0.490 e. The van der Waals surface area contributed by atoms with Gasteiger partial charge in [-0.3, -0.25) is 0 Å². The number of carbonyl (C=O) groups is 1. The molecule has 1 heterocycles. The molecule has 0 radical (unpaired) electrons. The molecule has 1 N–H and O–H groups in total. The van der Waals surface area contributed by atoms with Gasteiger partial charge in [0.2, 0.25) is 0 Å². The average molecular weight is 252 g/mol. The Bertz CT molecular complexity index is 429. The molecular formula is C13H16O5. The van der Waals surface area contributed by atoms with E-state index in [-0.39, 0.29) is 0 Å². The highest BCUT2D eigenvalue weighted by atomic mass is 16.5. The lowest BCUT2D eigenvalue weighted by Crippen LogP contribution is -2.24. The van der Waals surface area contributed by atoms with Crippen LogP contribution in [0.15, 0.2) is 18.2 Å². The number of carboxylic acid groups (broad SMARTS) is 1. The summed E-state index contributed by atoms with van der Waals surface area (Å²) in [4.78, 5) is 10.9. The molecular weight excluding hydrogens is 236 g/mol. The molecule has 1 aromatic rings. The van der Waals surface area contributed by atoms with Gasteiger partial charge in [0.05, 0.1) is 13.2 Å². The minimum absolute atomic E-state index is 0.308. The van der Waals surface area contributed by atoms with Crippen LogP contribution in [0.25, 0.3) is 0 Å². The molecule has 18 heavy (non-hydrogen) atoms. The molecule has 1 aliphatic rings. The molecule has 1 aliphatic heterocycles. The zero-order valence-electron chi connectivity index (χ0n) is 10.2. The Hall–Kier alpha value is -1.75. The average Bonchev–Trinajstić information content (AvgIpc) is 2.60. The summed E-state index contributed by atoms with van der Waals surface area (Å²) in [6, 6.07) is 5.46. The number of aliphatic carboxylic acids is 1. The number of hydrogen-bond acceptors (Lipinski definition) is 4. The molecule has 0 saturated carbocycles. The van der Waals surface area contributed by atoms with Crippen LogP contribution in [0.5, 0.6) is 11.5 Å². The quantitative estimate of drug-likeness (QED) is 0.879. The molecule has 0 aliphatic carbocycles. The van der Waals surface area contributed by atoms with Gasteiger partial charge in [-0.2, -0.15) is 0 Å². The van der Waals surface area contributed by atoms with E-state index in [0.29, 0.717) is 31.1 Å². The SMILES string of the molecule is COC(Cc1ccc2c(c1)OCCCO2)C(=O)O. The molecule has 0 saturated heterocycles. The van der Waals surface area contributed by atoms with Gasteiger partial charge in [-0.05, 0) is 17.7 Å². The van der Waals surface area contributed by atoms with E-state index in [1.807, 2.05) is 18.2 Å². The van der Waals surface area contributed by atoms with Crippen molar-refractivity contribution >= 4 is 5.97 Å². The van der Waals surface area contributed by atoms with Gasteiger partial charge in [0.1, 0.15) is 0 Å². The van der Waals surface area contributed by atoms with E-state index in [2.05, 4.69) is 0 Å². The predicted octanol–water partition coefficient (Wildman–Crippen LogP) is 1.49. The minimum atomic E-state index is -0.968. The Labute approximate surface area is 105 Å². The molecule has 2 rings (SSSR count). The second-order valence-electron chi connectivity index (χ2n) is 4.10. The van der Waals surface area contributed by atoms with E-state index >= 15 is 0 Å². The summed E-state index contributed by atoms with van der Waals surface area (Å²) in [6.45, 7) is 1.26. The predicted molar refractivity (Wildman–Crippen MR) is 64.2 cm³/mol. The maximum Gasteiger partial charge on any atom is 0.333 e. The summed E-state index contributed by atoms with van der Waals surface area (Å²) in [5, 5.41) is 8.94. The van der Waals surface area contributed by atoms with Gasteiger partial charge in [-0.15, -0.1) is 0 Å². The van der Waals surface area contributed by atoms with E-state index in [1.54, 1.807) is 0 Å². The highest BCUT2D eigenvalue weighted by Crippen LogP contribution is 2.30. The van der Waals surface area contributed by atoms with Gasteiger partial charge in [0, 0.05) is 20.0 Å². The van der Waals surface area contributed by atoms with Gasteiger partial charge in [0.15, 0.2) is 17.6 Å². The van der Waals surface area contributed by atoms with Crippen molar-refractivity contribution in [1.82, 2.24) is 0 Å². The monoisotopic (exact) mass is 252 g/mol. The molecule has 0 spiro atoms. The molecule has 1 unspecified atom stereocenters. The first-order valence-electron chi connectivity index (χ1n) is 5.85. The van der Waals surface area contributed by atoms with Crippen molar-refractivity contribution in [2.75, 3.05) is 20.3 Å². The molecule has 0 amide bonds. The fourth-order valence-corrected chi connectivity index (χ4v) is 1.82. The fraction of sp³-hybridized carbons (Fsp3) is 0.462. The number of ether oxygens (including phenoxy) is 3. The van der Waals surface area contributed by atoms with Crippen LogP contribution in [0.1, 0.15) is 12.0 Å². The van der Waals surface area contributed by atoms with Crippen LogP contribution in [0.3, 0.4) is 0 Å². The highest BCUT2D eigenvalue weighted by molar-refractivity contribution is 5.72. The van der Waals surface area contributed by atoms with Crippen LogP contribution in [-0.4, -0.2) is 37.5 Å². The van der Waals surface area contributed by atoms with Crippen LogP contribution in [0.4, 0.5) is 0 Å². The molecule has 0 bridgehead atoms. The minimum Gasteiger partial charge on any atom is -0.490 e. The summed E-state index contributed by atoms with van der Waals surface area (Å²) < 4.78 is 16.0. The Morgan fingerprint density at radius 3 is 2.78 bits per heavy atom. The first-order chi connectivity index (χ1) is 8.70. The van der Waals surface area contributed by atoms with Gasteiger partial charge in [-0.25, -0.2) is 4.79 Å². The number of carboxylic acids is 1. The van der Waals surface area contributed by atoms with Gasteiger partial charge < -0.3 is 19.3 Å². The third kappa shape index (κ3) is 2.92. The maximum atomic E-state index is 10.9. The second-order valence-corrected chi connectivity index (χ2v) is 4.10. The topological polar surface area (TPSA) is 65.0 Å². The highest BCUT2D eigenvalue weighted by Gasteiger charge is 2.18. The number of benzene rings is 1. The molecule has 0 fully saturated rings. The van der Waals surface area contributed by atoms with E-state index in [0.717, 1.165) is 12.0 Å². The second kappa shape index (κ2) is 5.73. The fourth-order valence-electron chi connectivity index (χ4n) is 1.82. The molecule has 1 atom stereocenters. The zero-order chi connectivity index (χ0) is 13.0. The first-order valence-corrected chi connectivity index (χ1v) is 5.85. The third-order valence-corrected chi connectivity index (χ3v) is 2.79. The van der Waals surface area contributed by atoms with Crippen LogP contribution < -0.4 is 9.47 Å². The Morgan fingerprint density at radius 2 is 2.11 bits per heavy atom. The normalized spacial score (nSPS) is 15.8. The number of hydrogen-bond donors (Lipinski definition) is 1. The molecule has 5 heteroatoms. The third-order valence-electron chi connectivity index (χ3n) is 2.79. The lowest BCUT2D eigenvalue weighted by molar-refractivity contribution is -0.148. The van der Waals surface area contributed by atoms with Crippen LogP contribution in [0, 0.1) is 0 Å². The van der Waals surface area contributed by atoms with Crippen molar-refractivity contribution in [3.63, 3.8) is 0 Å². The van der Waals surface area contributed by atoms with Gasteiger partial charge in [0.25, 0.3) is 0 Å². The number of fused-ring (bicyclic) bond motifs is 1. The van der Waals surface area contributed by atoms with Crippen LogP contribution in [0.2, 0.25) is 0 Å². The van der Waals surface area contributed by atoms with E-state index in [1.165, 1.54) is 7.11 Å². The van der Waals surface area contributed by atoms with Crippen molar-refractivity contribution in [2.24, 2.45) is 0 Å². The first kappa shape index (κ1) is 12.7. The molecule has 98 valence electrons. The number of methoxy groups -OCH3 is 1. The maximum absolute atomic E-state index is 10.9. The standard InChI is InChI=1S/C13H16O5/c1-16-12(13(14)15)8-9-3-4-10-11(7-9)18-6-2-5-17-10/h3-4,7,12H,2,5-6,8H2,1H3,(H,14,15). The van der Waals surface area contributed by atoms with Crippen molar-refractivity contribution < 1.29 is 24.1 Å². The van der Waals surface area contributed by atoms with Crippen molar-refractivity contribution in [3.8, 4) is 11.5 Å². The number of rotatable bonds is 4. The molecule has 0 aromatic heterocycles. The van der Waals surface area contributed by atoms with E-state index in [4.69, 9.17) is 19.3 Å². The Morgan fingerprint density at radius 1 is 1.39 bits per heavy atom. The Kier molecular flexibility index (Phi) is 4.04. The summed E-state index contributed by atoms with van der Waals surface area (Å²) in [5.41, 5.74) is 0.855. The Balaban J connectivity index is 2.15. The van der Waals surface area contributed by atoms with Crippen molar-refractivity contribution in [1.29, 1.82) is 0 Å². The zero-order valence-corrected chi connectivity index (χ0v) is 10.2. The van der Waals surface area contributed by atoms with Crippen LogP contribution >= 0.6 is 0 Å². The smallest absolute Gasteiger partial charge is 0.333 e. The van der Waals surface area contributed by atoms with Crippen molar-refractivity contribution in [3.05, 3.63) is 23.8 Å².